The van der Waals surface area contributed by atoms with Gasteiger partial charge in [-0.25, -0.2) is 0 Å². The molecule has 1 aromatic carbocycles. The lowest BCUT2D eigenvalue weighted by molar-refractivity contribution is -0.140. The lowest BCUT2D eigenvalue weighted by Crippen LogP contribution is -2.19. The van der Waals surface area contributed by atoms with E-state index in [2.05, 4.69) is 0 Å². The van der Waals surface area contributed by atoms with Gasteiger partial charge in [0.15, 0.2) is 5.12 Å². The number of thioether (sulfide) groups is 1. The highest BCUT2D eigenvalue weighted by atomic mass is 32.2. The molecule has 0 radical (unpaired) electrons. The largest absolute Gasteiger partial charge is 0.481 e. The van der Waals surface area contributed by atoms with Crippen LogP contribution < -0.4 is 4.90 Å². The molecule has 0 spiro atoms. The maximum atomic E-state index is 11.2. The molecule has 4 nitrogen and oxygen atoms in total. The van der Waals surface area contributed by atoms with Crippen LogP contribution in [-0.4, -0.2) is 36.0 Å². The van der Waals surface area contributed by atoms with Gasteiger partial charge in [0.2, 0.25) is 0 Å². The summed E-state index contributed by atoms with van der Waals surface area (Å²) in [6.07, 6.45) is 0.448. The van der Waals surface area contributed by atoms with Gasteiger partial charge >= 0.3 is 5.97 Å². The fraction of sp³-hybridized carbons (Fsp3) is 0.429. The zero-order chi connectivity index (χ0) is 14.4. The number of carbonyl (C=O) groups excluding carboxylic acids is 1. The molecule has 104 valence electrons. The molecule has 1 atom stereocenters. The summed E-state index contributed by atoms with van der Waals surface area (Å²) >= 11 is 1.07. The number of aliphatic carboxylic acids is 1. The van der Waals surface area contributed by atoms with Gasteiger partial charge in [-0.15, -0.1) is 0 Å². The summed E-state index contributed by atoms with van der Waals surface area (Å²) in [4.78, 5) is 24.1. The van der Waals surface area contributed by atoms with E-state index in [4.69, 9.17) is 5.11 Å². The second kappa shape index (κ2) is 7.19. The van der Waals surface area contributed by atoms with Crippen molar-refractivity contribution in [1.82, 2.24) is 0 Å². The van der Waals surface area contributed by atoms with Gasteiger partial charge in [-0.1, -0.05) is 23.9 Å². The molecular formula is C14H19NO3S. The Morgan fingerprint density at radius 3 is 2.26 bits per heavy atom. The van der Waals surface area contributed by atoms with Crippen LogP contribution >= 0.6 is 11.8 Å². The van der Waals surface area contributed by atoms with E-state index in [1.54, 1.807) is 0 Å². The fourth-order valence-electron chi connectivity index (χ4n) is 1.65. The second-order valence-electron chi connectivity index (χ2n) is 4.60. The van der Waals surface area contributed by atoms with Crippen LogP contribution in [0.5, 0.6) is 0 Å². The van der Waals surface area contributed by atoms with Crippen molar-refractivity contribution in [2.75, 3.05) is 24.7 Å². The molecule has 1 unspecified atom stereocenters. The number of rotatable bonds is 6. The van der Waals surface area contributed by atoms with E-state index < -0.39 is 11.9 Å². The minimum absolute atomic E-state index is 0.0470. The first kappa shape index (κ1) is 15.6. The standard InChI is InChI=1S/C14H19NO3S/c1-10(16)19-9-12(14(17)18)8-11-4-6-13(7-5-11)15(2)3/h4-7,12H,8-9H2,1-3H3,(H,17,18). The molecule has 0 aliphatic rings. The van der Waals surface area contributed by atoms with Crippen molar-refractivity contribution in [2.24, 2.45) is 5.92 Å². The van der Waals surface area contributed by atoms with Gasteiger partial charge in [-0.2, -0.15) is 0 Å². The fourth-order valence-corrected chi connectivity index (χ4v) is 2.35. The van der Waals surface area contributed by atoms with Gasteiger partial charge in [-0.05, 0) is 24.1 Å². The van der Waals surface area contributed by atoms with Gasteiger partial charge < -0.3 is 10.0 Å². The minimum Gasteiger partial charge on any atom is -0.481 e. The number of nitrogens with zero attached hydrogens (tertiary/aromatic N) is 1. The first-order valence-electron chi connectivity index (χ1n) is 6.02. The Kier molecular flexibility index (Phi) is 5.89. The summed E-state index contributed by atoms with van der Waals surface area (Å²) in [5, 5.41) is 9.11. The van der Waals surface area contributed by atoms with Crippen LogP contribution in [0.2, 0.25) is 0 Å². The quantitative estimate of drug-likeness (QED) is 0.867. The van der Waals surface area contributed by atoms with Crippen LogP contribution in [0.25, 0.3) is 0 Å². The van der Waals surface area contributed by atoms with Crippen LogP contribution in [-0.2, 0) is 16.0 Å². The van der Waals surface area contributed by atoms with Crippen LogP contribution in [0.1, 0.15) is 12.5 Å². The van der Waals surface area contributed by atoms with E-state index in [9.17, 15) is 9.59 Å². The van der Waals surface area contributed by atoms with Crippen LogP contribution in [0.4, 0.5) is 5.69 Å². The number of benzene rings is 1. The highest BCUT2D eigenvalue weighted by Gasteiger charge is 2.19. The lowest BCUT2D eigenvalue weighted by Gasteiger charge is -2.14. The zero-order valence-corrected chi connectivity index (χ0v) is 12.2. The van der Waals surface area contributed by atoms with Gasteiger partial charge in [0.1, 0.15) is 0 Å². The molecule has 1 aromatic rings. The van der Waals surface area contributed by atoms with Crippen molar-refractivity contribution in [3.8, 4) is 0 Å². The maximum absolute atomic E-state index is 11.2. The topological polar surface area (TPSA) is 57.6 Å². The predicted octanol–water partition coefficient (Wildman–Crippen LogP) is 2.28. The van der Waals surface area contributed by atoms with Crippen molar-refractivity contribution >= 4 is 28.5 Å². The molecule has 0 aliphatic carbocycles. The van der Waals surface area contributed by atoms with Crippen LogP contribution in [0.3, 0.4) is 0 Å². The molecule has 0 fully saturated rings. The first-order valence-corrected chi connectivity index (χ1v) is 7.01. The van der Waals surface area contributed by atoms with Crippen LogP contribution in [0, 0.1) is 5.92 Å². The molecule has 0 heterocycles. The highest BCUT2D eigenvalue weighted by molar-refractivity contribution is 8.13. The molecule has 0 aliphatic heterocycles. The Hall–Kier alpha value is -1.49. The van der Waals surface area contributed by atoms with Crippen molar-refractivity contribution in [3.63, 3.8) is 0 Å². The van der Waals surface area contributed by atoms with Crippen molar-refractivity contribution in [2.45, 2.75) is 13.3 Å². The van der Waals surface area contributed by atoms with Crippen molar-refractivity contribution in [3.05, 3.63) is 29.8 Å². The summed E-state index contributed by atoms with van der Waals surface area (Å²) in [7, 11) is 3.91. The van der Waals surface area contributed by atoms with E-state index >= 15 is 0 Å². The zero-order valence-electron chi connectivity index (χ0n) is 11.4. The average molecular weight is 281 g/mol. The van der Waals surface area contributed by atoms with E-state index in [1.165, 1.54) is 6.92 Å². The molecule has 1 N–H and O–H groups in total. The maximum Gasteiger partial charge on any atom is 0.307 e. The minimum atomic E-state index is -0.856. The Morgan fingerprint density at radius 1 is 1.26 bits per heavy atom. The van der Waals surface area contributed by atoms with Gasteiger partial charge in [0, 0.05) is 32.5 Å². The summed E-state index contributed by atoms with van der Waals surface area (Å²) in [6.45, 7) is 1.45. The molecule has 0 bridgehead atoms. The molecule has 19 heavy (non-hydrogen) atoms. The summed E-state index contributed by atoms with van der Waals surface area (Å²) in [5.74, 6) is -1.07. The van der Waals surface area contributed by atoms with Crippen LogP contribution in [0.15, 0.2) is 24.3 Å². The van der Waals surface area contributed by atoms with Gasteiger partial charge in [-0.3, -0.25) is 9.59 Å². The van der Waals surface area contributed by atoms with Crippen molar-refractivity contribution < 1.29 is 14.7 Å². The smallest absolute Gasteiger partial charge is 0.307 e. The first-order chi connectivity index (χ1) is 8.90. The Morgan fingerprint density at radius 2 is 1.84 bits per heavy atom. The number of hydrogen-bond acceptors (Lipinski definition) is 4. The summed E-state index contributed by atoms with van der Waals surface area (Å²) in [6, 6.07) is 7.80. The predicted molar refractivity (Wildman–Crippen MR) is 78.7 cm³/mol. The SMILES string of the molecule is CC(=O)SCC(Cc1ccc(N(C)C)cc1)C(=O)O. The number of carboxylic acid groups (broad SMARTS) is 1. The highest BCUT2D eigenvalue weighted by Crippen LogP contribution is 2.18. The molecule has 0 saturated carbocycles. The number of carbonyl (C=O) groups is 2. The van der Waals surface area contributed by atoms with Crippen molar-refractivity contribution in [1.29, 1.82) is 0 Å². The van der Waals surface area contributed by atoms with Gasteiger partial charge in [0.25, 0.3) is 0 Å². The second-order valence-corrected chi connectivity index (χ2v) is 5.80. The third-order valence-electron chi connectivity index (χ3n) is 2.77. The molecule has 1 rings (SSSR count). The lowest BCUT2D eigenvalue weighted by atomic mass is 10.0. The molecule has 0 amide bonds. The number of carboxylic acids is 1. The van der Waals surface area contributed by atoms with E-state index in [0.29, 0.717) is 12.2 Å². The monoisotopic (exact) mass is 281 g/mol. The average Bonchev–Trinajstić information content (AvgIpc) is 2.34. The summed E-state index contributed by atoms with van der Waals surface area (Å²) in [5.41, 5.74) is 2.05. The summed E-state index contributed by atoms with van der Waals surface area (Å²) < 4.78 is 0. The Bertz CT molecular complexity index is 443. The normalized spacial score (nSPS) is 11.9. The van der Waals surface area contributed by atoms with E-state index in [-0.39, 0.29) is 5.12 Å². The third-order valence-corrected chi connectivity index (χ3v) is 3.75. The molecule has 5 heteroatoms. The van der Waals surface area contributed by atoms with E-state index in [1.807, 2.05) is 43.3 Å². The number of anilines is 1. The third kappa shape index (κ3) is 5.34. The molecule has 0 saturated heterocycles. The van der Waals surface area contributed by atoms with Gasteiger partial charge in [0.05, 0.1) is 5.92 Å². The van der Waals surface area contributed by atoms with E-state index in [0.717, 1.165) is 23.0 Å². The number of hydrogen-bond donors (Lipinski definition) is 1. The Balaban J connectivity index is 2.68. The molecular weight excluding hydrogens is 262 g/mol. The Labute approximate surface area is 117 Å². The molecule has 0 aromatic heterocycles.